The standard InChI is InChI=1S/C16H29N3O2S.HI/c1-17-16(18-9-4-5-11-21-13-12-20-3)19(2)10-8-15-7-6-14-22-15;/h6-7,14H,4-5,8-13H2,1-3H3,(H,17,18);1H. The molecule has 0 aliphatic rings. The van der Waals surface area contributed by atoms with Gasteiger partial charge in [-0.05, 0) is 30.7 Å². The summed E-state index contributed by atoms with van der Waals surface area (Å²) < 4.78 is 10.4. The Hall–Kier alpha value is -0.380. The average Bonchev–Trinajstić information content (AvgIpc) is 3.04. The monoisotopic (exact) mass is 455 g/mol. The van der Waals surface area contributed by atoms with Crippen LogP contribution in [0.4, 0.5) is 0 Å². The van der Waals surface area contributed by atoms with Crippen molar-refractivity contribution in [3.63, 3.8) is 0 Å². The quantitative estimate of drug-likeness (QED) is 0.241. The first-order valence-corrected chi connectivity index (χ1v) is 8.66. The van der Waals surface area contributed by atoms with Crippen LogP contribution in [0.5, 0.6) is 0 Å². The van der Waals surface area contributed by atoms with Gasteiger partial charge in [-0.1, -0.05) is 6.07 Å². The lowest BCUT2D eigenvalue weighted by molar-refractivity contribution is 0.0689. The number of rotatable bonds is 11. The minimum absolute atomic E-state index is 0. The Morgan fingerprint density at radius 3 is 2.78 bits per heavy atom. The van der Waals surface area contributed by atoms with Crippen molar-refractivity contribution in [1.82, 2.24) is 10.2 Å². The fourth-order valence-corrected chi connectivity index (χ4v) is 2.70. The molecule has 0 spiro atoms. The number of unbranched alkanes of at least 4 members (excludes halogenated alkanes) is 1. The third kappa shape index (κ3) is 10.9. The second-order valence-electron chi connectivity index (χ2n) is 5.04. The molecular weight excluding hydrogens is 425 g/mol. The number of ether oxygens (including phenoxy) is 2. The number of nitrogens with one attached hydrogen (secondary N) is 1. The number of methoxy groups -OCH3 is 1. The summed E-state index contributed by atoms with van der Waals surface area (Å²) in [4.78, 5) is 7.92. The largest absolute Gasteiger partial charge is 0.382 e. The zero-order valence-corrected chi connectivity index (χ0v) is 17.6. The average molecular weight is 455 g/mol. The molecule has 0 fully saturated rings. The molecule has 0 amide bonds. The van der Waals surface area contributed by atoms with E-state index in [1.807, 2.05) is 7.05 Å². The van der Waals surface area contributed by atoms with Crippen molar-refractivity contribution < 1.29 is 9.47 Å². The van der Waals surface area contributed by atoms with E-state index in [-0.39, 0.29) is 24.0 Å². The Morgan fingerprint density at radius 1 is 1.30 bits per heavy atom. The third-order valence-corrected chi connectivity index (χ3v) is 4.21. The predicted octanol–water partition coefficient (Wildman–Crippen LogP) is 2.86. The van der Waals surface area contributed by atoms with E-state index < -0.39 is 0 Å². The number of likely N-dealkylation sites (N-methyl/N-ethyl adjacent to an activating group) is 1. The van der Waals surface area contributed by atoms with Crippen LogP contribution in [-0.2, 0) is 15.9 Å². The highest BCUT2D eigenvalue weighted by Gasteiger charge is 2.05. The Kier molecular flexibility index (Phi) is 14.9. The zero-order chi connectivity index (χ0) is 16.0. The van der Waals surface area contributed by atoms with E-state index >= 15 is 0 Å². The van der Waals surface area contributed by atoms with Gasteiger partial charge in [0.15, 0.2) is 5.96 Å². The van der Waals surface area contributed by atoms with Gasteiger partial charge < -0.3 is 19.7 Å². The summed E-state index contributed by atoms with van der Waals surface area (Å²) in [5.41, 5.74) is 0. The highest BCUT2D eigenvalue weighted by Crippen LogP contribution is 2.09. The van der Waals surface area contributed by atoms with Crippen LogP contribution in [0.15, 0.2) is 22.5 Å². The summed E-state index contributed by atoms with van der Waals surface area (Å²) in [5, 5.41) is 5.52. The van der Waals surface area contributed by atoms with Crippen LogP contribution >= 0.6 is 35.3 Å². The summed E-state index contributed by atoms with van der Waals surface area (Å²) in [6, 6.07) is 4.28. The van der Waals surface area contributed by atoms with Crippen molar-refractivity contribution in [3.05, 3.63) is 22.4 Å². The lowest BCUT2D eigenvalue weighted by atomic mass is 10.3. The van der Waals surface area contributed by atoms with Crippen LogP contribution in [0.3, 0.4) is 0 Å². The summed E-state index contributed by atoms with van der Waals surface area (Å²) >= 11 is 1.81. The fraction of sp³-hybridized carbons (Fsp3) is 0.688. The van der Waals surface area contributed by atoms with Gasteiger partial charge in [0.2, 0.25) is 0 Å². The summed E-state index contributed by atoms with van der Waals surface area (Å²) in [7, 11) is 5.60. The number of guanidine groups is 1. The SMILES string of the molecule is CN=C(NCCCCOCCOC)N(C)CCc1cccs1.I. The Balaban J connectivity index is 0.00000484. The first-order valence-electron chi connectivity index (χ1n) is 7.78. The maximum Gasteiger partial charge on any atom is 0.193 e. The minimum Gasteiger partial charge on any atom is -0.382 e. The number of thiophene rings is 1. The van der Waals surface area contributed by atoms with Crippen molar-refractivity contribution in [1.29, 1.82) is 0 Å². The van der Waals surface area contributed by atoms with Gasteiger partial charge in [-0.25, -0.2) is 0 Å². The Bertz CT molecular complexity index is 402. The second-order valence-corrected chi connectivity index (χ2v) is 6.07. The Morgan fingerprint density at radius 2 is 2.13 bits per heavy atom. The highest BCUT2D eigenvalue weighted by molar-refractivity contribution is 14.0. The molecule has 1 rings (SSSR count). The van der Waals surface area contributed by atoms with Crippen molar-refractivity contribution in [2.24, 2.45) is 4.99 Å². The van der Waals surface area contributed by atoms with Gasteiger partial charge in [0.05, 0.1) is 13.2 Å². The van der Waals surface area contributed by atoms with Gasteiger partial charge in [0, 0.05) is 45.8 Å². The lowest BCUT2D eigenvalue weighted by Crippen LogP contribution is -2.40. The second kappa shape index (κ2) is 15.2. The smallest absolute Gasteiger partial charge is 0.193 e. The van der Waals surface area contributed by atoms with Gasteiger partial charge in [-0.3, -0.25) is 4.99 Å². The van der Waals surface area contributed by atoms with E-state index in [0.29, 0.717) is 13.2 Å². The molecule has 0 aliphatic carbocycles. The van der Waals surface area contributed by atoms with E-state index in [9.17, 15) is 0 Å². The summed E-state index contributed by atoms with van der Waals surface area (Å²) in [6.07, 6.45) is 3.18. The summed E-state index contributed by atoms with van der Waals surface area (Å²) in [6.45, 7) is 4.03. The van der Waals surface area contributed by atoms with Gasteiger partial charge in [-0.2, -0.15) is 0 Å². The molecule has 5 nitrogen and oxygen atoms in total. The first kappa shape index (κ1) is 22.6. The van der Waals surface area contributed by atoms with Crippen molar-refractivity contribution >= 4 is 41.3 Å². The van der Waals surface area contributed by atoms with Gasteiger partial charge in [0.1, 0.15) is 0 Å². The molecule has 1 aromatic rings. The molecule has 0 bridgehead atoms. The number of hydrogen-bond acceptors (Lipinski definition) is 4. The number of hydrogen-bond donors (Lipinski definition) is 1. The normalized spacial score (nSPS) is 11.2. The number of nitrogens with zero attached hydrogens (tertiary/aromatic N) is 2. The molecule has 0 saturated carbocycles. The van der Waals surface area contributed by atoms with Crippen LogP contribution in [0.2, 0.25) is 0 Å². The van der Waals surface area contributed by atoms with Crippen LogP contribution in [-0.4, -0.2) is 65.0 Å². The maximum absolute atomic E-state index is 5.44. The van der Waals surface area contributed by atoms with Crippen LogP contribution in [0.1, 0.15) is 17.7 Å². The topological polar surface area (TPSA) is 46.1 Å². The van der Waals surface area contributed by atoms with E-state index in [1.54, 1.807) is 18.4 Å². The molecule has 1 aromatic heterocycles. The molecular formula is C16H30IN3O2S. The highest BCUT2D eigenvalue weighted by atomic mass is 127. The van der Waals surface area contributed by atoms with Crippen LogP contribution < -0.4 is 5.32 Å². The van der Waals surface area contributed by atoms with Crippen LogP contribution in [0.25, 0.3) is 0 Å². The first-order chi connectivity index (χ1) is 10.8. The molecule has 0 aromatic carbocycles. The van der Waals surface area contributed by atoms with Crippen molar-refractivity contribution in [2.45, 2.75) is 19.3 Å². The van der Waals surface area contributed by atoms with E-state index in [4.69, 9.17) is 9.47 Å². The van der Waals surface area contributed by atoms with Crippen molar-refractivity contribution in [2.75, 3.05) is 54.1 Å². The fourth-order valence-electron chi connectivity index (χ4n) is 2.00. The molecule has 23 heavy (non-hydrogen) atoms. The zero-order valence-electron chi connectivity index (χ0n) is 14.4. The maximum atomic E-state index is 5.44. The Labute approximate surface area is 161 Å². The molecule has 0 unspecified atom stereocenters. The number of aliphatic imine (C=N–C) groups is 1. The minimum atomic E-state index is 0. The predicted molar refractivity (Wildman–Crippen MR) is 109 cm³/mol. The molecule has 0 atom stereocenters. The molecule has 7 heteroatoms. The number of halogens is 1. The summed E-state index contributed by atoms with van der Waals surface area (Å²) in [5.74, 6) is 0.955. The van der Waals surface area contributed by atoms with Gasteiger partial charge >= 0.3 is 0 Å². The molecule has 0 aliphatic heterocycles. The van der Waals surface area contributed by atoms with E-state index in [1.165, 1.54) is 4.88 Å². The molecule has 1 heterocycles. The van der Waals surface area contributed by atoms with Gasteiger partial charge in [-0.15, -0.1) is 35.3 Å². The third-order valence-electron chi connectivity index (χ3n) is 3.28. The molecule has 0 radical (unpaired) electrons. The van der Waals surface area contributed by atoms with Crippen molar-refractivity contribution in [3.8, 4) is 0 Å². The van der Waals surface area contributed by atoms with Gasteiger partial charge in [0.25, 0.3) is 0 Å². The van der Waals surface area contributed by atoms with Crippen LogP contribution in [0, 0.1) is 0 Å². The molecule has 0 saturated heterocycles. The molecule has 134 valence electrons. The molecule has 1 N–H and O–H groups in total. The van der Waals surface area contributed by atoms with E-state index in [0.717, 1.165) is 44.9 Å². The van der Waals surface area contributed by atoms with E-state index in [2.05, 4.69) is 39.8 Å². The lowest BCUT2D eigenvalue weighted by Gasteiger charge is -2.21.